The summed E-state index contributed by atoms with van der Waals surface area (Å²) in [6.45, 7) is 4.78. The Morgan fingerprint density at radius 1 is 1.50 bits per heavy atom. The monoisotopic (exact) mass is 307 g/mol. The third kappa shape index (κ3) is 2.59. The molecule has 0 radical (unpaired) electrons. The Morgan fingerprint density at radius 2 is 2.22 bits per heavy atom. The van der Waals surface area contributed by atoms with Crippen molar-refractivity contribution in [1.82, 2.24) is 4.31 Å². The average molecular weight is 308 g/mol. The van der Waals surface area contributed by atoms with Crippen LogP contribution in [0, 0.1) is 5.92 Å². The number of piperidine rings is 1. The Labute approximate surface area is 118 Å². The molecule has 1 fully saturated rings. The van der Waals surface area contributed by atoms with Crippen molar-refractivity contribution in [3.63, 3.8) is 0 Å². The molecule has 2 heterocycles. The van der Waals surface area contributed by atoms with Gasteiger partial charge < -0.3 is 0 Å². The molecule has 0 aliphatic carbocycles. The van der Waals surface area contributed by atoms with Crippen LogP contribution < -0.4 is 0 Å². The maximum Gasteiger partial charge on any atom is 0.244 e. The van der Waals surface area contributed by atoms with Gasteiger partial charge in [0.05, 0.1) is 10.8 Å². The second kappa shape index (κ2) is 5.49. The highest BCUT2D eigenvalue weighted by atomic mass is 35.5. The van der Waals surface area contributed by atoms with Crippen molar-refractivity contribution in [2.45, 2.75) is 43.5 Å². The minimum absolute atomic E-state index is 0.0711. The van der Waals surface area contributed by atoms with Crippen LogP contribution in [0.2, 0.25) is 0 Å². The van der Waals surface area contributed by atoms with Gasteiger partial charge in [-0.15, -0.1) is 22.9 Å². The van der Waals surface area contributed by atoms with Crippen LogP contribution in [0.1, 0.15) is 31.6 Å². The maximum atomic E-state index is 12.6. The number of halogens is 1. The highest BCUT2D eigenvalue weighted by molar-refractivity contribution is 7.89. The maximum absolute atomic E-state index is 12.6. The second-order valence-electron chi connectivity index (χ2n) is 4.94. The van der Waals surface area contributed by atoms with E-state index in [-0.39, 0.29) is 11.9 Å². The van der Waals surface area contributed by atoms with E-state index in [1.807, 2.05) is 6.92 Å². The molecule has 1 aliphatic rings. The molecule has 0 spiro atoms. The molecule has 2 unspecified atom stereocenters. The Kier molecular flexibility index (Phi) is 4.36. The van der Waals surface area contributed by atoms with Gasteiger partial charge in [0.15, 0.2) is 0 Å². The predicted molar refractivity (Wildman–Crippen MR) is 75.6 cm³/mol. The van der Waals surface area contributed by atoms with Gasteiger partial charge in [0.25, 0.3) is 0 Å². The minimum atomic E-state index is -3.37. The van der Waals surface area contributed by atoms with Crippen LogP contribution in [0.15, 0.2) is 16.3 Å². The summed E-state index contributed by atoms with van der Waals surface area (Å²) in [6.07, 6.45) is 1.86. The molecule has 1 aromatic heterocycles. The number of thiophene rings is 1. The molecule has 2 rings (SSSR count). The first-order valence-electron chi connectivity index (χ1n) is 6.11. The summed E-state index contributed by atoms with van der Waals surface area (Å²) in [6, 6.07) is 1.74. The molecule has 1 aliphatic heterocycles. The molecular formula is C12H18ClNO2S2. The van der Waals surface area contributed by atoms with Gasteiger partial charge >= 0.3 is 0 Å². The van der Waals surface area contributed by atoms with Crippen molar-refractivity contribution in [3.05, 3.63) is 16.3 Å². The summed E-state index contributed by atoms with van der Waals surface area (Å²) in [5.74, 6) is 0.853. The van der Waals surface area contributed by atoms with Crippen LogP contribution in [0.5, 0.6) is 0 Å². The number of hydrogen-bond donors (Lipinski definition) is 0. The van der Waals surface area contributed by atoms with E-state index in [2.05, 4.69) is 6.92 Å². The number of sulfonamides is 1. The molecule has 18 heavy (non-hydrogen) atoms. The van der Waals surface area contributed by atoms with Crippen LogP contribution in [0.25, 0.3) is 0 Å². The highest BCUT2D eigenvalue weighted by Crippen LogP contribution is 2.32. The summed E-state index contributed by atoms with van der Waals surface area (Å²) < 4.78 is 26.9. The molecule has 0 saturated carbocycles. The van der Waals surface area contributed by atoms with Crippen molar-refractivity contribution in [1.29, 1.82) is 0 Å². The number of rotatable bonds is 3. The lowest BCUT2D eigenvalue weighted by atomic mass is 9.95. The van der Waals surface area contributed by atoms with Gasteiger partial charge in [-0.2, -0.15) is 4.31 Å². The van der Waals surface area contributed by atoms with E-state index in [9.17, 15) is 8.42 Å². The Balaban J connectivity index is 2.31. The molecular weight excluding hydrogens is 290 g/mol. The van der Waals surface area contributed by atoms with Crippen molar-refractivity contribution in [2.75, 3.05) is 6.54 Å². The summed E-state index contributed by atoms with van der Waals surface area (Å²) in [5, 5.41) is 1.79. The molecule has 6 heteroatoms. The second-order valence-corrected chi connectivity index (χ2v) is 8.06. The third-order valence-corrected chi connectivity index (χ3v) is 7.06. The topological polar surface area (TPSA) is 37.4 Å². The Morgan fingerprint density at radius 3 is 2.83 bits per heavy atom. The van der Waals surface area contributed by atoms with Crippen LogP contribution in [0.3, 0.4) is 0 Å². The minimum Gasteiger partial charge on any atom is -0.207 e. The van der Waals surface area contributed by atoms with Gasteiger partial charge in [-0.25, -0.2) is 8.42 Å². The first-order chi connectivity index (χ1) is 8.46. The first kappa shape index (κ1) is 14.3. The molecule has 1 aromatic rings. The first-order valence-corrected chi connectivity index (χ1v) is 8.96. The van der Waals surface area contributed by atoms with E-state index in [1.165, 1.54) is 11.3 Å². The number of alkyl halides is 1. The average Bonchev–Trinajstić information content (AvgIpc) is 2.76. The molecule has 0 aromatic carbocycles. The predicted octanol–water partition coefficient (Wildman–Crippen LogP) is 3.30. The summed E-state index contributed by atoms with van der Waals surface area (Å²) >= 11 is 7.21. The van der Waals surface area contributed by atoms with E-state index in [0.717, 1.165) is 17.7 Å². The third-order valence-electron chi connectivity index (χ3n) is 3.49. The fraction of sp³-hybridized carbons (Fsp3) is 0.667. The lowest BCUT2D eigenvalue weighted by molar-refractivity contribution is 0.220. The van der Waals surface area contributed by atoms with Crippen LogP contribution >= 0.6 is 22.9 Å². The van der Waals surface area contributed by atoms with Gasteiger partial charge in [0, 0.05) is 17.5 Å². The summed E-state index contributed by atoms with van der Waals surface area (Å²) in [4.78, 5) is 1.13. The lowest BCUT2D eigenvalue weighted by Gasteiger charge is -2.35. The van der Waals surface area contributed by atoms with Gasteiger partial charge in [-0.05, 0) is 37.1 Å². The zero-order valence-corrected chi connectivity index (χ0v) is 13.0. The Bertz CT molecular complexity index is 512. The van der Waals surface area contributed by atoms with Crippen molar-refractivity contribution in [2.24, 2.45) is 5.92 Å². The van der Waals surface area contributed by atoms with E-state index in [4.69, 9.17) is 11.6 Å². The number of nitrogens with zero attached hydrogens (tertiary/aromatic N) is 1. The fourth-order valence-corrected chi connectivity index (χ4v) is 5.86. The van der Waals surface area contributed by atoms with E-state index >= 15 is 0 Å². The largest absolute Gasteiger partial charge is 0.244 e. The van der Waals surface area contributed by atoms with Gasteiger partial charge in [0.2, 0.25) is 10.0 Å². The van der Waals surface area contributed by atoms with E-state index in [1.54, 1.807) is 15.8 Å². The van der Waals surface area contributed by atoms with Gasteiger partial charge in [-0.1, -0.05) is 6.92 Å². The quantitative estimate of drug-likeness (QED) is 0.804. The zero-order chi connectivity index (χ0) is 13.3. The summed E-state index contributed by atoms with van der Waals surface area (Å²) in [7, 11) is -3.37. The van der Waals surface area contributed by atoms with Crippen molar-refractivity contribution < 1.29 is 8.42 Å². The Hall–Kier alpha value is -0.100. The van der Waals surface area contributed by atoms with E-state index < -0.39 is 10.0 Å². The summed E-state index contributed by atoms with van der Waals surface area (Å²) in [5.41, 5.74) is 0. The molecule has 102 valence electrons. The smallest absolute Gasteiger partial charge is 0.207 e. The zero-order valence-electron chi connectivity index (χ0n) is 10.6. The molecule has 3 nitrogen and oxygen atoms in total. The normalized spacial score (nSPS) is 26.4. The molecule has 0 bridgehead atoms. The molecule has 2 atom stereocenters. The van der Waals surface area contributed by atoms with Crippen LogP contribution in [-0.2, 0) is 15.9 Å². The van der Waals surface area contributed by atoms with E-state index in [0.29, 0.717) is 17.4 Å². The highest BCUT2D eigenvalue weighted by Gasteiger charge is 2.34. The van der Waals surface area contributed by atoms with Crippen LogP contribution in [-0.4, -0.2) is 25.3 Å². The molecule has 0 N–H and O–H groups in total. The van der Waals surface area contributed by atoms with Gasteiger partial charge in [-0.3, -0.25) is 0 Å². The van der Waals surface area contributed by atoms with Crippen molar-refractivity contribution >= 4 is 33.0 Å². The lowest BCUT2D eigenvalue weighted by Crippen LogP contribution is -2.44. The standard InChI is InChI=1S/C12H18ClNO2S2/c1-9-3-5-14(10(2)7-9)18(15,16)12-4-6-17-11(12)8-13/h4,6,9-10H,3,5,7-8H2,1-2H3. The molecule has 0 amide bonds. The number of hydrogen-bond acceptors (Lipinski definition) is 3. The molecule has 1 saturated heterocycles. The van der Waals surface area contributed by atoms with Gasteiger partial charge in [0.1, 0.15) is 0 Å². The van der Waals surface area contributed by atoms with Crippen molar-refractivity contribution in [3.8, 4) is 0 Å². The fourth-order valence-electron chi connectivity index (χ4n) is 2.53. The van der Waals surface area contributed by atoms with Crippen LogP contribution in [0.4, 0.5) is 0 Å². The SMILES string of the molecule is CC1CCN(S(=O)(=O)c2ccsc2CCl)C(C)C1.